The van der Waals surface area contributed by atoms with Crippen molar-refractivity contribution in [1.29, 1.82) is 0 Å². The second kappa shape index (κ2) is 27.7. The van der Waals surface area contributed by atoms with Gasteiger partial charge in [-0.2, -0.15) is 0 Å². The van der Waals surface area contributed by atoms with Crippen molar-refractivity contribution in [3.05, 3.63) is 140 Å². The van der Waals surface area contributed by atoms with E-state index >= 15 is 0 Å². The van der Waals surface area contributed by atoms with Gasteiger partial charge >= 0.3 is 0 Å². The standard InChI is InChI=1S/C65H64O8/c1-8-28-66-60-45-56(26-22-52-36-48(12-5)39-58(41-52)72-64-18-14-16-32-70-64)62(68-30-10-3)43-54(60)24-20-50-34-47(7)35-51(38-50)21-25-55-44-63(69-31-11-4)57(46-61(55)67-29-9-2)27-23-53-37-49(13-6)40-59(42-53)73-65-19-15-17-33-71-65/h5-6,34-46,64-65H,8-11,14-19,28-33H2,1-4,7H3. The van der Waals surface area contributed by atoms with Crippen molar-refractivity contribution in [1.82, 2.24) is 0 Å². The van der Waals surface area contributed by atoms with E-state index < -0.39 is 0 Å². The summed E-state index contributed by atoms with van der Waals surface area (Å²) in [7, 11) is 0. The van der Waals surface area contributed by atoms with Gasteiger partial charge in [0.05, 0.1) is 61.9 Å². The van der Waals surface area contributed by atoms with Crippen LogP contribution in [0.1, 0.15) is 153 Å². The van der Waals surface area contributed by atoms with Crippen LogP contribution in [-0.4, -0.2) is 52.2 Å². The van der Waals surface area contributed by atoms with E-state index in [1.165, 1.54) is 0 Å². The Hall–Kier alpha value is -7.82. The van der Waals surface area contributed by atoms with Crippen molar-refractivity contribution in [3.8, 4) is 107 Å². The van der Waals surface area contributed by atoms with E-state index in [2.05, 4.69) is 86.9 Å². The zero-order valence-electron chi connectivity index (χ0n) is 42.9. The first-order chi connectivity index (χ1) is 35.7. The third kappa shape index (κ3) is 16.1. The first kappa shape index (κ1) is 53.0. The fourth-order valence-electron chi connectivity index (χ4n) is 7.88. The molecule has 8 heteroatoms. The van der Waals surface area contributed by atoms with Gasteiger partial charge in [0.25, 0.3) is 0 Å². The molecule has 8 nitrogen and oxygen atoms in total. The molecule has 2 saturated heterocycles. The molecule has 2 atom stereocenters. The van der Waals surface area contributed by atoms with Crippen LogP contribution >= 0.6 is 0 Å². The van der Waals surface area contributed by atoms with E-state index in [0.29, 0.717) is 119 Å². The van der Waals surface area contributed by atoms with Crippen molar-refractivity contribution in [2.75, 3.05) is 39.6 Å². The molecule has 2 unspecified atom stereocenters. The van der Waals surface area contributed by atoms with E-state index in [4.69, 9.17) is 50.7 Å². The smallest absolute Gasteiger partial charge is 0.199 e. The minimum absolute atomic E-state index is 0.305. The van der Waals surface area contributed by atoms with Crippen molar-refractivity contribution >= 4 is 0 Å². The van der Waals surface area contributed by atoms with E-state index in [1.54, 1.807) is 0 Å². The summed E-state index contributed by atoms with van der Waals surface area (Å²) in [6.45, 7) is 13.7. The molecule has 2 aliphatic rings. The Balaban J connectivity index is 1.19. The quantitative estimate of drug-likeness (QED) is 0.0906. The summed E-state index contributed by atoms with van der Waals surface area (Å²) in [5.41, 5.74) is 8.09. The van der Waals surface area contributed by atoms with Crippen molar-refractivity contribution in [2.45, 2.75) is 111 Å². The highest BCUT2D eigenvalue weighted by molar-refractivity contribution is 5.64. The van der Waals surface area contributed by atoms with Gasteiger partial charge in [0.15, 0.2) is 12.6 Å². The molecule has 5 aromatic carbocycles. The predicted octanol–water partition coefficient (Wildman–Crippen LogP) is 12.5. The summed E-state index contributed by atoms with van der Waals surface area (Å²) in [6, 6.07) is 24.9. The first-order valence-corrected chi connectivity index (χ1v) is 25.6. The largest absolute Gasteiger partial charge is 0.492 e. The minimum Gasteiger partial charge on any atom is -0.492 e. The van der Waals surface area contributed by atoms with Gasteiger partial charge < -0.3 is 37.9 Å². The summed E-state index contributed by atoms with van der Waals surface area (Å²) in [5.74, 6) is 36.0. The molecule has 372 valence electrons. The molecular weight excluding hydrogens is 909 g/mol. The lowest BCUT2D eigenvalue weighted by atomic mass is 10.0. The Morgan fingerprint density at radius 3 is 1.03 bits per heavy atom. The number of hydrogen-bond acceptors (Lipinski definition) is 8. The van der Waals surface area contributed by atoms with Crippen LogP contribution in [0.5, 0.6) is 34.5 Å². The molecule has 0 amide bonds. The molecule has 0 spiro atoms. The Morgan fingerprint density at radius 1 is 0.411 bits per heavy atom. The molecule has 0 bridgehead atoms. The van der Waals surface area contributed by atoms with Gasteiger partial charge in [-0.15, -0.1) is 12.8 Å². The zero-order valence-corrected chi connectivity index (χ0v) is 42.9. The van der Waals surface area contributed by atoms with Gasteiger partial charge in [0.2, 0.25) is 0 Å². The predicted molar refractivity (Wildman–Crippen MR) is 288 cm³/mol. The number of terminal acetylenes is 2. The van der Waals surface area contributed by atoms with Crippen LogP contribution in [0.3, 0.4) is 0 Å². The fraction of sp³-hybridized carbons (Fsp3) is 0.354. The van der Waals surface area contributed by atoms with Gasteiger partial charge in [-0.3, -0.25) is 0 Å². The lowest BCUT2D eigenvalue weighted by Crippen LogP contribution is -2.25. The monoisotopic (exact) mass is 972 g/mol. The Bertz CT molecular complexity index is 2850. The fourth-order valence-corrected chi connectivity index (χ4v) is 7.88. The highest BCUT2D eigenvalue weighted by Crippen LogP contribution is 2.32. The van der Waals surface area contributed by atoms with E-state index in [1.807, 2.05) is 85.8 Å². The molecule has 2 heterocycles. The maximum absolute atomic E-state index is 6.31. The summed E-state index contributed by atoms with van der Waals surface area (Å²) in [4.78, 5) is 0. The average Bonchev–Trinajstić information content (AvgIpc) is 3.41. The third-order valence-corrected chi connectivity index (χ3v) is 11.4. The van der Waals surface area contributed by atoms with Crippen LogP contribution in [0.15, 0.2) is 78.9 Å². The number of aryl methyl sites for hydroxylation is 1. The zero-order chi connectivity index (χ0) is 51.2. The summed E-state index contributed by atoms with van der Waals surface area (Å²) < 4.78 is 49.1. The van der Waals surface area contributed by atoms with E-state index in [-0.39, 0.29) is 12.6 Å². The molecule has 7 rings (SSSR count). The topological polar surface area (TPSA) is 73.8 Å². The van der Waals surface area contributed by atoms with Crippen LogP contribution in [0, 0.1) is 79.0 Å². The molecule has 2 aliphatic heterocycles. The number of benzene rings is 5. The normalized spacial score (nSPS) is 14.6. The molecule has 0 N–H and O–H groups in total. The molecule has 0 saturated carbocycles. The number of rotatable bonds is 16. The molecule has 0 aromatic heterocycles. The van der Waals surface area contributed by atoms with Crippen molar-refractivity contribution < 1.29 is 37.9 Å². The van der Waals surface area contributed by atoms with E-state index in [9.17, 15) is 0 Å². The molecule has 5 aromatic rings. The maximum atomic E-state index is 6.31. The van der Waals surface area contributed by atoms with Crippen LogP contribution in [-0.2, 0) is 9.47 Å². The molecule has 73 heavy (non-hydrogen) atoms. The van der Waals surface area contributed by atoms with Crippen molar-refractivity contribution in [2.24, 2.45) is 0 Å². The van der Waals surface area contributed by atoms with Gasteiger partial charge in [0, 0.05) is 70.5 Å². The number of ether oxygens (including phenoxy) is 8. The van der Waals surface area contributed by atoms with Crippen LogP contribution < -0.4 is 28.4 Å². The van der Waals surface area contributed by atoms with Gasteiger partial charge in [-0.1, -0.05) is 86.9 Å². The molecule has 0 radical (unpaired) electrons. The van der Waals surface area contributed by atoms with E-state index in [0.717, 1.165) is 80.9 Å². The van der Waals surface area contributed by atoms with Crippen molar-refractivity contribution in [3.63, 3.8) is 0 Å². The summed E-state index contributed by atoms with van der Waals surface area (Å²) >= 11 is 0. The minimum atomic E-state index is -0.305. The molecule has 2 fully saturated rings. The average molecular weight is 973 g/mol. The summed E-state index contributed by atoms with van der Waals surface area (Å²) in [6.07, 6.45) is 20.2. The Kier molecular flexibility index (Phi) is 20.1. The summed E-state index contributed by atoms with van der Waals surface area (Å²) in [5, 5.41) is 0. The lowest BCUT2D eigenvalue weighted by molar-refractivity contribution is -0.106. The SMILES string of the molecule is C#Cc1cc(C#Cc2cc(OCCC)c(C#Cc3cc(C)cc(C#Cc4cc(OCCC)c(C#Cc5cc(C#C)cc(OC6CCCCO6)c5)cc4OCCC)c3)cc2OCCC)cc(OC2CCCCO2)c1. The van der Waals surface area contributed by atoms with Crippen LogP contribution in [0.25, 0.3) is 0 Å². The second-order valence-electron chi connectivity index (χ2n) is 17.8. The highest BCUT2D eigenvalue weighted by Gasteiger charge is 2.18. The number of hydrogen-bond donors (Lipinski definition) is 0. The van der Waals surface area contributed by atoms with Gasteiger partial charge in [-0.25, -0.2) is 0 Å². The molecular formula is C65H64O8. The molecule has 0 aliphatic carbocycles. The van der Waals surface area contributed by atoms with Crippen LogP contribution in [0.2, 0.25) is 0 Å². The third-order valence-electron chi connectivity index (χ3n) is 11.4. The van der Waals surface area contributed by atoms with Crippen LogP contribution in [0.4, 0.5) is 0 Å². The maximum Gasteiger partial charge on any atom is 0.199 e. The van der Waals surface area contributed by atoms with Gasteiger partial charge in [-0.05, 0) is 118 Å². The Morgan fingerprint density at radius 2 is 0.726 bits per heavy atom. The highest BCUT2D eigenvalue weighted by atomic mass is 16.7. The Labute approximate surface area is 433 Å². The van der Waals surface area contributed by atoms with Gasteiger partial charge in [0.1, 0.15) is 34.5 Å². The lowest BCUT2D eigenvalue weighted by Gasteiger charge is -2.23. The second-order valence-corrected chi connectivity index (χ2v) is 17.8. The first-order valence-electron chi connectivity index (χ1n) is 25.6.